The molecule has 0 aliphatic carbocycles. The highest BCUT2D eigenvalue weighted by Gasteiger charge is 2.19. The molecule has 18 heavy (non-hydrogen) atoms. The van der Waals surface area contributed by atoms with Gasteiger partial charge in [-0.15, -0.1) is 5.10 Å². The molecule has 0 aliphatic heterocycles. The minimum Gasteiger partial charge on any atom is -0.327 e. The van der Waals surface area contributed by atoms with Crippen LogP contribution in [0.5, 0.6) is 0 Å². The molecule has 4 nitrogen and oxygen atoms in total. The normalized spacial score (nSPS) is 14.4. The van der Waals surface area contributed by atoms with Gasteiger partial charge in [-0.2, -0.15) is 0 Å². The van der Waals surface area contributed by atoms with Crippen LogP contribution in [0.2, 0.25) is 0 Å². The second-order valence-corrected chi connectivity index (χ2v) is 5.62. The highest BCUT2D eigenvalue weighted by Crippen LogP contribution is 2.35. The summed E-state index contributed by atoms with van der Waals surface area (Å²) in [5.74, 6) is 0.824. The average molecular weight is 262 g/mol. The third-order valence-corrected chi connectivity index (χ3v) is 4.01. The van der Waals surface area contributed by atoms with Gasteiger partial charge in [0.05, 0.1) is 5.25 Å². The lowest BCUT2D eigenvalue weighted by Gasteiger charge is -2.19. The van der Waals surface area contributed by atoms with Gasteiger partial charge in [0.15, 0.2) is 0 Å². The van der Waals surface area contributed by atoms with Gasteiger partial charge >= 0.3 is 0 Å². The lowest BCUT2D eigenvalue weighted by Crippen LogP contribution is -2.22. The van der Waals surface area contributed by atoms with Crippen molar-refractivity contribution in [3.05, 3.63) is 41.2 Å². The van der Waals surface area contributed by atoms with Gasteiger partial charge in [0.1, 0.15) is 5.82 Å². The van der Waals surface area contributed by atoms with E-state index in [0.29, 0.717) is 0 Å². The molecule has 1 aromatic heterocycles. The number of H-pyrrole nitrogens is 1. The summed E-state index contributed by atoms with van der Waals surface area (Å²) in [4.78, 5) is 4.32. The Hall–Kier alpha value is -1.33. The number of nitrogens with two attached hydrogens (primary N) is 1. The standard InChI is InChI=1S/C13H18N4S/c1-8-5-4-6-11(7-8)12(9(2)14)18-13-15-10(3)16-17-13/h4-7,9,12H,14H2,1-3H3,(H,15,16,17). The summed E-state index contributed by atoms with van der Waals surface area (Å²) in [5.41, 5.74) is 8.55. The molecule has 2 unspecified atom stereocenters. The number of aromatic amines is 1. The molecule has 2 atom stereocenters. The van der Waals surface area contributed by atoms with E-state index < -0.39 is 0 Å². The predicted molar refractivity (Wildman–Crippen MR) is 74.5 cm³/mol. The van der Waals surface area contributed by atoms with Crippen molar-refractivity contribution >= 4 is 11.8 Å². The summed E-state index contributed by atoms with van der Waals surface area (Å²) < 4.78 is 0. The molecule has 0 aliphatic rings. The summed E-state index contributed by atoms with van der Waals surface area (Å²) in [7, 11) is 0. The number of benzene rings is 1. The summed E-state index contributed by atoms with van der Waals surface area (Å²) in [6.07, 6.45) is 0. The zero-order chi connectivity index (χ0) is 13.1. The lowest BCUT2D eigenvalue weighted by molar-refractivity contribution is 0.718. The minimum atomic E-state index is 0.0376. The van der Waals surface area contributed by atoms with Crippen molar-refractivity contribution in [2.24, 2.45) is 5.73 Å². The quantitative estimate of drug-likeness (QED) is 0.831. The van der Waals surface area contributed by atoms with Crippen molar-refractivity contribution in [2.75, 3.05) is 0 Å². The number of rotatable bonds is 4. The number of nitrogens with one attached hydrogen (secondary N) is 1. The maximum Gasteiger partial charge on any atom is 0.209 e. The molecule has 1 heterocycles. The third-order valence-electron chi connectivity index (χ3n) is 2.66. The number of hydrogen-bond donors (Lipinski definition) is 2. The fraction of sp³-hybridized carbons (Fsp3) is 0.385. The molecule has 0 amide bonds. The van der Waals surface area contributed by atoms with Crippen LogP contribution in [0.4, 0.5) is 0 Å². The Morgan fingerprint density at radius 2 is 2.11 bits per heavy atom. The second-order valence-electron chi connectivity index (χ2n) is 4.52. The number of hydrogen-bond acceptors (Lipinski definition) is 4. The maximum atomic E-state index is 6.09. The SMILES string of the molecule is Cc1cccc(C(Sc2n[nH]c(C)n2)C(C)N)c1. The van der Waals surface area contributed by atoms with Crippen LogP contribution in [0, 0.1) is 13.8 Å². The first-order valence-electron chi connectivity index (χ1n) is 5.94. The number of aryl methyl sites for hydroxylation is 2. The van der Waals surface area contributed by atoms with Crippen LogP contribution in [0.1, 0.15) is 29.1 Å². The van der Waals surface area contributed by atoms with E-state index >= 15 is 0 Å². The van der Waals surface area contributed by atoms with Crippen molar-refractivity contribution in [3.63, 3.8) is 0 Å². The van der Waals surface area contributed by atoms with Crippen LogP contribution in [0.25, 0.3) is 0 Å². The molecule has 2 aromatic rings. The first kappa shape index (κ1) is 13.1. The largest absolute Gasteiger partial charge is 0.327 e. The van der Waals surface area contributed by atoms with Gasteiger partial charge in [0.2, 0.25) is 5.16 Å². The van der Waals surface area contributed by atoms with Crippen molar-refractivity contribution in [1.29, 1.82) is 0 Å². The van der Waals surface area contributed by atoms with Crippen LogP contribution in [-0.4, -0.2) is 21.2 Å². The van der Waals surface area contributed by atoms with Crippen LogP contribution in [0.15, 0.2) is 29.4 Å². The monoisotopic (exact) mass is 262 g/mol. The number of aromatic nitrogens is 3. The summed E-state index contributed by atoms with van der Waals surface area (Å²) in [5, 5.41) is 7.92. The zero-order valence-electron chi connectivity index (χ0n) is 10.8. The van der Waals surface area contributed by atoms with E-state index in [2.05, 4.69) is 46.4 Å². The van der Waals surface area contributed by atoms with Crippen LogP contribution < -0.4 is 5.73 Å². The van der Waals surface area contributed by atoms with Gasteiger partial charge in [-0.3, -0.25) is 5.10 Å². The molecule has 0 saturated heterocycles. The Kier molecular flexibility index (Phi) is 4.04. The van der Waals surface area contributed by atoms with Gasteiger partial charge in [0, 0.05) is 6.04 Å². The molecule has 3 N–H and O–H groups in total. The molecule has 2 rings (SSSR count). The van der Waals surface area contributed by atoms with Crippen LogP contribution >= 0.6 is 11.8 Å². The molecule has 0 fully saturated rings. The number of thioether (sulfide) groups is 1. The van der Waals surface area contributed by atoms with E-state index in [-0.39, 0.29) is 11.3 Å². The van der Waals surface area contributed by atoms with Crippen molar-refractivity contribution < 1.29 is 0 Å². The molecular formula is C13H18N4S. The zero-order valence-corrected chi connectivity index (χ0v) is 11.7. The van der Waals surface area contributed by atoms with E-state index in [1.165, 1.54) is 11.1 Å². The summed E-state index contributed by atoms with van der Waals surface area (Å²) in [6, 6.07) is 8.46. The molecule has 96 valence electrons. The summed E-state index contributed by atoms with van der Waals surface area (Å²) >= 11 is 1.60. The Bertz CT molecular complexity index is 521. The predicted octanol–water partition coefficient (Wildman–Crippen LogP) is 2.60. The summed E-state index contributed by atoms with van der Waals surface area (Å²) in [6.45, 7) is 5.99. The van der Waals surface area contributed by atoms with Crippen LogP contribution in [0.3, 0.4) is 0 Å². The first-order chi connectivity index (χ1) is 8.56. The van der Waals surface area contributed by atoms with E-state index in [1.807, 2.05) is 13.8 Å². The Morgan fingerprint density at radius 1 is 1.33 bits per heavy atom. The third kappa shape index (κ3) is 3.11. The molecule has 0 saturated carbocycles. The van der Waals surface area contributed by atoms with E-state index in [0.717, 1.165) is 11.0 Å². The number of nitrogens with zero attached hydrogens (tertiary/aromatic N) is 2. The lowest BCUT2D eigenvalue weighted by atomic mass is 10.0. The highest BCUT2D eigenvalue weighted by atomic mass is 32.2. The van der Waals surface area contributed by atoms with Crippen molar-refractivity contribution in [1.82, 2.24) is 15.2 Å². The topological polar surface area (TPSA) is 67.6 Å². The Balaban J connectivity index is 2.23. The highest BCUT2D eigenvalue weighted by molar-refractivity contribution is 7.99. The Labute approximate surface area is 111 Å². The molecule has 5 heteroatoms. The van der Waals surface area contributed by atoms with Gasteiger partial charge < -0.3 is 5.73 Å². The van der Waals surface area contributed by atoms with E-state index in [9.17, 15) is 0 Å². The molecule has 0 spiro atoms. The van der Waals surface area contributed by atoms with Gasteiger partial charge in [0.25, 0.3) is 0 Å². The van der Waals surface area contributed by atoms with Gasteiger partial charge in [-0.1, -0.05) is 41.6 Å². The van der Waals surface area contributed by atoms with Gasteiger partial charge in [-0.25, -0.2) is 4.98 Å². The first-order valence-corrected chi connectivity index (χ1v) is 6.82. The van der Waals surface area contributed by atoms with E-state index in [4.69, 9.17) is 5.73 Å². The second kappa shape index (κ2) is 5.54. The maximum absolute atomic E-state index is 6.09. The smallest absolute Gasteiger partial charge is 0.209 e. The minimum absolute atomic E-state index is 0.0376. The molecular weight excluding hydrogens is 244 g/mol. The fourth-order valence-electron chi connectivity index (χ4n) is 1.81. The molecule has 0 radical (unpaired) electrons. The molecule has 1 aromatic carbocycles. The van der Waals surface area contributed by atoms with Crippen molar-refractivity contribution in [2.45, 2.75) is 37.2 Å². The molecule has 0 bridgehead atoms. The average Bonchev–Trinajstić information content (AvgIpc) is 2.71. The van der Waals surface area contributed by atoms with Gasteiger partial charge in [-0.05, 0) is 26.3 Å². The van der Waals surface area contributed by atoms with Crippen LogP contribution in [-0.2, 0) is 0 Å². The fourth-order valence-corrected chi connectivity index (χ4v) is 2.83. The Morgan fingerprint density at radius 3 is 2.67 bits per heavy atom. The van der Waals surface area contributed by atoms with E-state index in [1.54, 1.807) is 11.8 Å². The van der Waals surface area contributed by atoms with Crippen molar-refractivity contribution in [3.8, 4) is 0 Å².